The average Bonchev–Trinajstić information content (AvgIpc) is 2.96. The van der Waals surface area contributed by atoms with Crippen LogP contribution in [0, 0.1) is 0 Å². The molecule has 0 aliphatic carbocycles. The lowest BCUT2D eigenvalue weighted by Gasteiger charge is -2.05. The fraction of sp³-hybridized carbons (Fsp3) is 0.857. The third-order valence-corrected chi connectivity index (χ3v) is 4.94. The van der Waals surface area contributed by atoms with Gasteiger partial charge in [0.25, 0.3) is 5.82 Å². The van der Waals surface area contributed by atoms with Crippen LogP contribution in [0.15, 0.2) is 12.4 Å². The second-order valence-corrected chi connectivity index (χ2v) is 6.98. The van der Waals surface area contributed by atoms with Crippen LogP contribution in [-0.2, 0) is 19.5 Å². The number of aromatic nitrogens is 2. The zero-order valence-electron chi connectivity index (χ0n) is 16.2. The fourth-order valence-electron chi connectivity index (χ4n) is 3.40. The summed E-state index contributed by atoms with van der Waals surface area (Å²) in [7, 11) is 0. The van der Waals surface area contributed by atoms with Gasteiger partial charge in [0.1, 0.15) is 12.4 Å². The van der Waals surface area contributed by atoms with Gasteiger partial charge >= 0.3 is 0 Å². The molecule has 2 nitrogen and oxygen atoms in total. The molecule has 0 radical (unpaired) electrons. The molecule has 1 heterocycles. The summed E-state index contributed by atoms with van der Waals surface area (Å²) in [5.74, 6) is 1.55. The molecule has 2 heteroatoms. The lowest BCUT2D eigenvalue weighted by atomic mass is 10.1. The van der Waals surface area contributed by atoms with Crippen molar-refractivity contribution >= 4 is 0 Å². The molecule has 0 saturated carbocycles. The van der Waals surface area contributed by atoms with E-state index in [2.05, 4.69) is 42.3 Å². The number of unbranched alkanes of at least 4 members (excludes halogenated alkanes) is 10. The summed E-state index contributed by atoms with van der Waals surface area (Å²) < 4.78 is 4.97. The highest BCUT2D eigenvalue weighted by Gasteiger charge is 2.15. The van der Waals surface area contributed by atoms with Crippen LogP contribution in [0.3, 0.4) is 0 Å². The molecule has 0 atom stereocenters. The van der Waals surface area contributed by atoms with E-state index >= 15 is 0 Å². The number of imidazole rings is 1. The van der Waals surface area contributed by atoms with Gasteiger partial charge in [-0.1, -0.05) is 71.6 Å². The lowest BCUT2D eigenvalue weighted by molar-refractivity contribution is -0.704. The Hall–Kier alpha value is -0.790. The smallest absolute Gasteiger partial charge is 0.235 e. The summed E-state index contributed by atoms with van der Waals surface area (Å²) in [6.45, 7) is 9.16. The van der Waals surface area contributed by atoms with Crippen LogP contribution in [0.25, 0.3) is 0 Å². The van der Waals surface area contributed by atoms with Crippen LogP contribution >= 0.6 is 0 Å². The highest BCUT2D eigenvalue weighted by Crippen LogP contribution is 2.10. The summed E-state index contributed by atoms with van der Waals surface area (Å²) in [6.07, 6.45) is 22.5. The topological polar surface area (TPSA) is 8.81 Å². The zero-order valence-corrected chi connectivity index (χ0v) is 16.2. The monoisotopic (exact) mass is 321 g/mol. The number of rotatable bonds is 15. The molecule has 0 spiro atoms. The molecule has 0 aliphatic rings. The Balaban J connectivity index is 2.29. The first kappa shape index (κ1) is 20.3. The molecule has 23 heavy (non-hydrogen) atoms. The van der Waals surface area contributed by atoms with Crippen molar-refractivity contribution in [3.8, 4) is 0 Å². The molecule has 1 rings (SSSR count). The van der Waals surface area contributed by atoms with Crippen LogP contribution in [0.1, 0.15) is 104 Å². The molecule has 0 aliphatic heterocycles. The predicted octanol–water partition coefficient (Wildman–Crippen LogP) is 6.06. The minimum atomic E-state index is 1.11. The molecule has 0 unspecified atom stereocenters. The Kier molecular flexibility index (Phi) is 12.0. The van der Waals surface area contributed by atoms with Crippen molar-refractivity contribution < 1.29 is 4.57 Å². The minimum Gasteiger partial charge on any atom is -0.235 e. The molecule has 1 aromatic rings. The number of hydrogen-bond donors (Lipinski definition) is 0. The molecule has 1 aromatic heterocycles. The van der Waals surface area contributed by atoms with Crippen molar-refractivity contribution in [3.63, 3.8) is 0 Å². The Morgan fingerprint density at radius 1 is 0.739 bits per heavy atom. The maximum Gasteiger partial charge on any atom is 0.256 e. The molecule has 0 N–H and O–H groups in total. The van der Waals surface area contributed by atoms with Gasteiger partial charge in [-0.05, 0) is 26.2 Å². The highest BCUT2D eigenvalue weighted by molar-refractivity contribution is 4.83. The van der Waals surface area contributed by atoms with Gasteiger partial charge in [0, 0.05) is 6.42 Å². The van der Waals surface area contributed by atoms with Gasteiger partial charge in [-0.2, -0.15) is 0 Å². The van der Waals surface area contributed by atoms with Crippen LogP contribution in [-0.4, -0.2) is 4.57 Å². The first-order chi connectivity index (χ1) is 11.3. The molecule has 0 saturated heterocycles. The zero-order chi connectivity index (χ0) is 16.8. The number of hydrogen-bond acceptors (Lipinski definition) is 0. The highest BCUT2D eigenvalue weighted by atomic mass is 15.1. The van der Waals surface area contributed by atoms with Crippen molar-refractivity contribution in [3.05, 3.63) is 18.2 Å². The summed E-state index contributed by atoms with van der Waals surface area (Å²) in [5.41, 5.74) is 0. The fourth-order valence-corrected chi connectivity index (χ4v) is 3.40. The Morgan fingerprint density at radius 2 is 1.30 bits per heavy atom. The predicted molar refractivity (Wildman–Crippen MR) is 101 cm³/mol. The van der Waals surface area contributed by atoms with Crippen LogP contribution in [0.5, 0.6) is 0 Å². The van der Waals surface area contributed by atoms with Crippen molar-refractivity contribution in [2.24, 2.45) is 0 Å². The van der Waals surface area contributed by atoms with Crippen LogP contribution < -0.4 is 4.57 Å². The summed E-state index contributed by atoms with van der Waals surface area (Å²) >= 11 is 0. The van der Waals surface area contributed by atoms with Crippen molar-refractivity contribution in [1.29, 1.82) is 0 Å². The summed E-state index contributed by atoms with van der Waals surface area (Å²) in [4.78, 5) is 0. The first-order valence-corrected chi connectivity index (χ1v) is 10.4. The normalized spacial score (nSPS) is 11.3. The second kappa shape index (κ2) is 13.6. The SMILES string of the molecule is CCCCCCCCCc1n(CC)cc[n+]1CCCCCCC. The van der Waals surface area contributed by atoms with Crippen LogP contribution in [0.4, 0.5) is 0 Å². The van der Waals surface area contributed by atoms with Crippen molar-refractivity contribution in [1.82, 2.24) is 4.57 Å². The largest absolute Gasteiger partial charge is 0.256 e. The van der Waals surface area contributed by atoms with E-state index in [4.69, 9.17) is 0 Å². The van der Waals surface area contributed by atoms with Crippen molar-refractivity contribution in [2.75, 3.05) is 0 Å². The first-order valence-electron chi connectivity index (χ1n) is 10.4. The van der Waals surface area contributed by atoms with Crippen LogP contribution in [0.2, 0.25) is 0 Å². The van der Waals surface area contributed by atoms with Gasteiger partial charge in [0.15, 0.2) is 0 Å². The number of aryl methyl sites for hydroxylation is 2. The molecule has 0 bridgehead atoms. The van der Waals surface area contributed by atoms with E-state index in [1.165, 1.54) is 90.0 Å². The van der Waals surface area contributed by atoms with E-state index in [1.54, 1.807) is 5.82 Å². The van der Waals surface area contributed by atoms with Gasteiger partial charge in [0.05, 0.1) is 13.1 Å². The second-order valence-electron chi connectivity index (χ2n) is 6.98. The maximum absolute atomic E-state index is 2.52. The Labute approximate surface area is 145 Å². The van der Waals surface area contributed by atoms with Crippen molar-refractivity contribution in [2.45, 2.75) is 117 Å². The van der Waals surface area contributed by atoms with Gasteiger partial charge in [-0.3, -0.25) is 0 Å². The molecular formula is C21H41N2+. The summed E-state index contributed by atoms with van der Waals surface area (Å²) in [6, 6.07) is 0. The molecular weight excluding hydrogens is 280 g/mol. The van der Waals surface area contributed by atoms with E-state index in [0.717, 1.165) is 6.54 Å². The number of nitrogens with zero attached hydrogens (tertiary/aromatic N) is 2. The summed E-state index contributed by atoms with van der Waals surface area (Å²) in [5, 5.41) is 0. The molecule has 0 aromatic carbocycles. The van der Waals surface area contributed by atoms with E-state index < -0.39 is 0 Å². The maximum atomic E-state index is 2.52. The van der Waals surface area contributed by atoms with E-state index in [0.29, 0.717) is 0 Å². The minimum absolute atomic E-state index is 1.11. The van der Waals surface area contributed by atoms with Gasteiger partial charge in [-0.15, -0.1) is 0 Å². The standard InChI is InChI=1S/C21H41N2/c1-4-7-9-11-12-13-15-17-21-22(6-3)19-20-23(21)18-16-14-10-8-5-2/h19-20H,4-18H2,1-3H3/q+1. The Bertz CT molecular complexity index is 381. The van der Waals surface area contributed by atoms with Gasteiger partial charge < -0.3 is 0 Å². The van der Waals surface area contributed by atoms with E-state index in [-0.39, 0.29) is 0 Å². The third-order valence-electron chi connectivity index (χ3n) is 4.94. The Morgan fingerprint density at radius 3 is 1.91 bits per heavy atom. The van der Waals surface area contributed by atoms with Gasteiger partial charge in [-0.25, -0.2) is 9.13 Å². The lowest BCUT2D eigenvalue weighted by Crippen LogP contribution is -2.37. The third kappa shape index (κ3) is 8.58. The van der Waals surface area contributed by atoms with E-state index in [1.807, 2.05) is 0 Å². The molecule has 0 fully saturated rings. The quantitative estimate of drug-likeness (QED) is 0.274. The van der Waals surface area contributed by atoms with Gasteiger partial charge in [0.2, 0.25) is 0 Å². The molecule has 0 amide bonds. The average molecular weight is 322 g/mol. The molecule has 134 valence electrons. The van der Waals surface area contributed by atoms with E-state index in [9.17, 15) is 0 Å².